The highest BCUT2D eigenvalue weighted by Gasteiger charge is 2.27. The van der Waals surface area contributed by atoms with Crippen LogP contribution in [0.15, 0.2) is 36.9 Å². The number of halogens is 2. The maximum absolute atomic E-state index is 12.2. The number of nitrogens with zero attached hydrogens (tertiary/aromatic N) is 3. The molecule has 0 saturated carbocycles. The van der Waals surface area contributed by atoms with Crippen LogP contribution in [0.3, 0.4) is 0 Å². The topological polar surface area (TPSA) is 85.8 Å². The Bertz CT molecular complexity index is 602. The fourth-order valence-corrected chi connectivity index (χ4v) is 2.16. The summed E-state index contributed by atoms with van der Waals surface area (Å²) >= 11 is 0. The lowest BCUT2D eigenvalue weighted by Gasteiger charge is -2.23. The molecule has 0 spiro atoms. The van der Waals surface area contributed by atoms with Crippen molar-refractivity contribution < 1.29 is 4.79 Å². The van der Waals surface area contributed by atoms with Crippen molar-refractivity contribution in [1.82, 2.24) is 14.8 Å². The second-order valence-electron chi connectivity index (χ2n) is 5.42. The Balaban J connectivity index is 0.00000242. The van der Waals surface area contributed by atoms with Gasteiger partial charge in [-0.15, -0.1) is 24.8 Å². The summed E-state index contributed by atoms with van der Waals surface area (Å²) in [6.45, 7) is 4.38. The number of carbonyl (C=O) groups excluding carboxylic acids is 1. The summed E-state index contributed by atoms with van der Waals surface area (Å²) in [6.07, 6.45) is 4.67. The minimum Gasteiger partial charge on any atom is -0.324 e. The first-order valence-corrected chi connectivity index (χ1v) is 7.03. The van der Waals surface area contributed by atoms with Crippen molar-refractivity contribution in [2.45, 2.75) is 38.8 Å². The number of hydrogen-bond donors (Lipinski definition) is 2. The van der Waals surface area contributed by atoms with E-state index < -0.39 is 5.54 Å². The lowest BCUT2D eigenvalue weighted by Crippen LogP contribution is -2.48. The van der Waals surface area contributed by atoms with Crippen LogP contribution >= 0.6 is 24.8 Å². The number of nitrogens with one attached hydrogen (secondary N) is 1. The van der Waals surface area contributed by atoms with E-state index >= 15 is 0 Å². The molecule has 2 rings (SSSR count). The molecule has 1 heterocycles. The molecule has 0 radical (unpaired) electrons. The third-order valence-electron chi connectivity index (χ3n) is 3.28. The zero-order valence-corrected chi connectivity index (χ0v) is 14.9. The molecule has 1 amide bonds. The van der Waals surface area contributed by atoms with E-state index in [1.54, 1.807) is 17.9 Å². The number of rotatable bonds is 6. The van der Waals surface area contributed by atoms with Crippen molar-refractivity contribution in [3.8, 4) is 0 Å². The van der Waals surface area contributed by atoms with Gasteiger partial charge in [0.15, 0.2) is 0 Å². The predicted octanol–water partition coefficient (Wildman–Crippen LogP) is 2.63. The van der Waals surface area contributed by atoms with Gasteiger partial charge in [0.05, 0.1) is 12.1 Å². The van der Waals surface area contributed by atoms with Crippen LogP contribution in [0.2, 0.25) is 0 Å². The van der Waals surface area contributed by atoms with Gasteiger partial charge in [0.1, 0.15) is 12.7 Å². The molecule has 1 aromatic heterocycles. The summed E-state index contributed by atoms with van der Waals surface area (Å²) in [4.78, 5) is 16.1. The molecule has 23 heavy (non-hydrogen) atoms. The second-order valence-corrected chi connectivity index (χ2v) is 5.42. The van der Waals surface area contributed by atoms with Gasteiger partial charge in [-0.3, -0.25) is 4.79 Å². The normalized spacial score (nSPS) is 12.5. The number of hydrogen-bond acceptors (Lipinski definition) is 4. The largest absolute Gasteiger partial charge is 0.324 e. The average Bonchev–Trinajstić information content (AvgIpc) is 2.92. The van der Waals surface area contributed by atoms with Crippen LogP contribution in [0.5, 0.6) is 0 Å². The Labute approximate surface area is 148 Å². The van der Waals surface area contributed by atoms with Gasteiger partial charge in [-0.25, -0.2) is 9.67 Å². The third kappa shape index (κ3) is 6.17. The van der Waals surface area contributed by atoms with Gasteiger partial charge in [-0.1, -0.05) is 25.5 Å². The van der Waals surface area contributed by atoms with E-state index in [4.69, 9.17) is 5.73 Å². The molecule has 1 aromatic carbocycles. The molecule has 8 heteroatoms. The first-order valence-electron chi connectivity index (χ1n) is 7.03. The number of nitrogens with two attached hydrogens (primary N) is 1. The van der Waals surface area contributed by atoms with E-state index in [0.717, 1.165) is 17.7 Å². The van der Waals surface area contributed by atoms with Gasteiger partial charge in [0, 0.05) is 5.69 Å². The lowest BCUT2D eigenvalue weighted by molar-refractivity contribution is -0.120. The molecule has 0 aliphatic heterocycles. The fraction of sp³-hybridized carbons (Fsp3) is 0.400. The van der Waals surface area contributed by atoms with E-state index in [2.05, 4.69) is 15.4 Å². The summed E-state index contributed by atoms with van der Waals surface area (Å²) in [5.74, 6) is -0.165. The smallest absolute Gasteiger partial charge is 0.244 e. The monoisotopic (exact) mass is 359 g/mol. The highest BCUT2D eigenvalue weighted by Crippen LogP contribution is 2.15. The van der Waals surface area contributed by atoms with Gasteiger partial charge in [-0.05, 0) is 31.0 Å². The first kappa shape index (κ1) is 21.4. The van der Waals surface area contributed by atoms with E-state index in [1.807, 2.05) is 31.2 Å². The quantitative estimate of drug-likeness (QED) is 0.829. The molecule has 0 aliphatic rings. The summed E-state index contributed by atoms with van der Waals surface area (Å²) in [5, 5.41) is 6.94. The van der Waals surface area contributed by atoms with Crippen molar-refractivity contribution in [1.29, 1.82) is 0 Å². The number of carbonyl (C=O) groups is 1. The number of amides is 1. The SMILES string of the molecule is CCCC(C)(N)C(=O)Nc1cccc(Cn2cncn2)c1.Cl.Cl. The number of aromatic nitrogens is 3. The molecular weight excluding hydrogens is 337 g/mol. The van der Waals surface area contributed by atoms with Crippen LogP contribution in [0, 0.1) is 0 Å². The van der Waals surface area contributed by atoms with Crippen LogP contribution < -0.4 is 11.1 Å². The van der Waals surface area contributed by atoms with Crippen LogP contribution in [-0.2, 0) is 11.3 Å². The molecule has 1 atom stereocenters. The molecule has 0 aliphatic carbocycles. The van der Waals surface area contributed by atoms with E-state index in [0.29, 0.717) is 13.0 Å². The van der Waals surface area contributed by atoms with Crippen molar-refractivity contribution in [3.05, 3.63) is 42.5 Å². The van der Waals surface area contributed by atoms with Crippen LogP contribution in [0.1, 0.15) is 32.3 Å². The summed E-state index contributed by atoms with van der Waals surface area (Å²) in [5.41, 5.74) is 6.96. The average molecular weight is 360 g/mol. The van der Waals surface area contributed by atoms with Crippen molar-refractivity contribution >= 4 is 36.4 Å². The Morgan fingerprint density at radius 3 is 2.74 bits per heavy atom. The molecule has 0 fully saturated rings. The standard InChI is InChI=1S/C15H21N5O.2ClH/c1-3-7-15(2,16)14(21)19-13-6-4-5-12(8-13)9-20-11-17-10-18-20;;/h4-6,8,10-11H,3,7,9,16H2,1-2H3,(H,19,21);2*1H. The molecular formula is C15H23Cl2N5O. The van der Waals surface area contributed by atoms with Gasteiger partial charge >= 0.3 is 0 Å². The van der Waals surface area contributed by atoms with Gasteiger partial charge in [0.25, 0.3) is 0 Å². The van der Waals surface area contributed by atoms with E-state index in [-0.39, 0.29) is 30.7 Å². The van der Waals surface area contributed by atoms with Gasteiger partial charge in [-0.2, -0.15) is 5.10 Å². The van der Waals surface area contributed by atoms with Crippen molar-refractivity contribution in [2.75, 3.05) is 5.32 Å². The highest BCUT2D eigenvalue weighted by molar-refractivity contribution is 5.97. The first-order chi connectivity index (χ1) is 10.0. The Kier molecular flexibility index (Phi) is 8.82. The lowest BCUT2D eigenvalue weighted by atomic mass is 9.96. The zero-order valence-electron chi connectivity index (χ0n) is 13.2. The summed E-state index contributed by atoms with van der Waals surface area (Å²) in [7, 11) is 0. The Hall–Kier alpha value is -1.63. The predicted molar refractivity (Wildman–Crippen MR) is 96.2 cm³/mol. The molecule has 2 aromatic rings. The molecule has 1 unspecified atom stereocenters. The molecule has 3 N–H and O–H groups in total. The zero-order chi connectivity index (χ0) is 15.3. The Morgan fingerprint density at radius 2 is 2.13 bits per heavy atom. The van der Waals surface area contributed by atoms with E-state index in [1.165, 1.54) is 6.33 Å². The summed E-state index contributed by atoms with van der Waals surface area (Å²) in [6, 6.07) is 7.65. The third-order valence-corrected chi connectivity index (χ3v) is 3.28. The number of anilines is 1. The number of benzene rings is 1. The van der Waals surface area contributed by atoms with E-state index in [9.17, 15) is 4.79 Å². The molecule has 0 bridgehead atoms. The van der Waals surface area contributed by atoms with Gasteiger partial charge < -0.3 is 11.1 Å². The minimum absolute atomic E-state index is 0. The fourth-order valence-electron chi connectivity index (χ4n) is 2.16. The molecule has 6 nitrogen and oxygen atoms in total. The second kappa shape index (κ2) is 9.50. The Morgan fingerprint density at radius 1 is 1.39 bits per heavy atom. The van der Waals surface area contributed by atoms with Gasteiger partial charge in [0.2, 0.25) is 5.91 Å². The minimum atomic E-state index is -0.851. The van der Waals surface area contributed by atoms with Crippen LogP contribution in [0.4, 0.5) is 5.69 Å². The molecule has 128 valence electrons. The summed E-state index contributed by atoms with van der Waals surface area (Å²) < 4.78 is 1.73. The van der Waals surface area contributed by atoms with Crippen molar-refractivity contribution in [3.63, 3.8) is 0 Å². The van der Waals surface area contributed by atoms with Crippen LogP contribution in [0.25, 0.3) is 0 Å². The van der Waals surface area contributed by atoms with Crippen molar-refractivity contribution in [2.24, 2.45) is 5.73 Å². The maximum Gasteiger partial charge on any atom is 0.244 e. The molecule has 0 saturated heterocycles. The van der Waals surface area contributed by atoms with Crippen LogP contribution in [-0.4, -0.2) is 26.2 Å². The maximum atomic E-state index is 12.2. The highest BCUT2D eigenvalue weighted by atomic mass is 35.5.